The summed E-state index contributed by atoms with van der Waals surface area (Å²) >= 11 is 3.48. The molecule has 3 rings (SSSR count). The van der Waals surface area contributed by atoms with E-state index >= 15 is 0 Å². The van der Waals surface area contributed by atoms with E-state index in [-0.39, 0.29) is 6.04 Å². The number of nitrogens with one attached hydrogen (secondary N) is 1. The van der Waals surface area contributed by atoms with Crippen LogP contribution in [0.5, 0.6) is 11.5 Å². The maximum atomic E-state index is 5.67. The Morgan fingerprint density at radius 2 is 1.95 bits per heavy atom. The molecular weight excluding hydrogens is 332 g/mol. The van der Waals surface area contributed by atoms with Crippen molar-refractivity contribution in [2.24, 2.45) is 0 Å². The van der Waals surface area contributed by atoms with Crippen molar-refractivity contribution in [1.82, 2.24) is 10.3 Å². The molecular formula is C16H17BrN2O2. The molecule has 0 spiro atoms. The molecule has 1 aliphatic rings. The van der Waals surface area contributed by atoms with E-state index in [1.54, 1.807) is 6.20 Å². The van der Waals surface area contributed by atoms with Gasteiger partial charge in [0, 0.05) is 16.9 Å². The van der Waals surface area contributed by atoms with E-state index < -0.39 is 0 Å². The monoisotopic (exact) mass is 348 g/mol. The fourth-order valence-corrected chi connectivity index (χ4v) is 2.84. The van der Waals surface area contributed by atoms with Gasteiger partial charge in [-0.25, -0.2) is 0 Å². The van der Waals surface area contributed by atoms with Gasteiger partial charge in [0.05, 0.1) is 6.04 Å². The molecule has 1 aromatic heterocycles. The van der Waals surface area contributed by atoms with Crippen molar-refractivity contribution in [3.8, 4) is 11.5 Å². The first-order chi connectivity index (χ1) is 10.3. The van der Waals surface area contributed by atoms with Crippen molar-refractivity contribution in [1.29, 1.82) is 0 Å². The molecule has 21 heavy (non-hydrogen) atoms. The molecule has 1 N–H and O–H groups in total. The van der Waals surface area contributed by atoms with E-state index in [9.17, 15) is 0 Å². The lowest BCUT2D eigenvalue weighted by atomic mass is 9.99. The number of ether oxygens (including phenoxy) is 2. The largest absolute Gasteiger partial charge is 0.486 e. The van der Waals surface area contributed by atoms with Gasteiger partial charge >= 0.3 is 0 Å². The van der Waals surface area contributed by atoms with Gasteiger partial charge in [-0.05, 0) is 51.8 Å². The molecule has 4 nitrogen and oxygen atoms in total. The first kappa shape index (κ1) is 14.4. The molecule has 0 radical (unpaired) electrons. The van der Waals surface area contributed by atoms with Gasteiger partial charge in [0.2, 0.25) is 0 Å². The summed E-state index contributed by atoms with van der Waals surface area (Å²) in [6.45, 7) is 4.17. The van der Waals surface area contributed by atoms with Crippen LogP contribution in [0.15, 0.2) is 41.1 Å². The highest BCUT2D eigenvalue weighted by Gasteiger charge is 2.18. The highest BCUT2D eigenvalue weighted by molar-refractivity contribution is 9.10. The zero-order chi connectivity index (χ0) is 14.7. The van der Waals surface area contributed by atoms with Crippen molar-refractivity contribution >= 4 is 15.9 Å². The van der Waals surface area contributed by atoms with Gasteiger partial charge < -0.3 is 14.8 Å². The predicted octanol–water partition coefficient (Wildman–Crippen LogP) is 3.31. The minimum Gasteiger partial charge on any atom is -0.486 e. The molecule has 0 bridgehead atoms. The molecule has 2 heterocycles. The summed E-state index contributed by atoms with van der Waals surface area (Å²) in [5, 5.41) is 3.49. The van der Waals surface area contributed by atoms with Crippen LogP contribution in [0.4, 0.5) is 0 Å². The molecule has 0 amide bonds. The lowest BCUT2D eigenvalue weighted by Crippen LogP contribution is -2.23. The first-order valence-corrected chi connectivity index (χ1v) is 7.80. The minimum atomic E-state index is 0.0795. The summed E-state index contributed by atoms with van der Waals surface area (Å²) in [5.41, 5.74) is 2.25. The normalized spacial score (nSPS) is 14.8. The van der Waals surface area contributed by atoms with Crippen molar-refractivity contribution < 1.29 is 9.47 Å². The zero-order valence-corrected chi connectivity index (χ0v) is 13.4. The van der Waals surface area contributed by atoms with Crippen LogP contribution in [-0.4, -0.2) is 24.7 Å². The Balaban J connectivity index is 1.97. The van der Waals surface area contributed by atoms with Crippen molar-refractivity contribution in [3.63, 3.8) is 0 Å². The van der Waals surface area contributed by atoms with Crippen LogP contribution in [0.3, 0.4) is 0 Å². The Kier molecular flexibility index (Phi) is 4.41. The second-order valence-corrected chi connectivity index (χ2v) is 5.75. The molecule has 5 heteroatoms. The molecule has 1 atom stereocenters. The van der Waals surface area contributed by atoms with Crippen LogP contribution < -0.4 is 14.8 Å². The number of hydrogen-bond acceptors (Lipinski definition) is 4. The first-order valence-electron chi connectivity index (χ1n) is 7.01. The highest BCUT2D eigenvalue weighted by Crippen LogP contribution is 2.34. The fourth-order valence-electron chi connectivity index (χ4n) is 2.46. The van der Waals surface area contributed by atoms with E-state index in [4.69, 9.17) is 9.47 Å². The minimum absolute atomic E-state index is 0.0795. The second-order valence-electron chi connectivity index (χ2n) is 4.83. The number of hydrogen-bond donors (Lipinski definition) is 1. The summed E-state index contributed by atoms with van der Waals surface area (Å²) in [6.07, 6.45) is 3.67. The van der Waals surface area contributed by atoms with Crippen molar-refractivity contribution in [3.05, 3.63) is 52.3 Å². The van der Waals surface area contributed by atoms with Crippen LogP contribution >= 0.6 is 15.9 Å². The van der Waals surface area contributed by atoms with E-state index in [0.717, 1.165) is 33.6 Å². The van der Waals surface area contributed by atoms with E-state index in [2.05, 4.69) is 45.3 Å². The Morgan fingerprint density at radius 3 is 2.71 bits per heavy atom. The van der Waals surface area contributed by atoms with Crippen LogP contribution in [0.2, 0.25) is 0 Å². The summed E-state index contributed by atoms with van der Waals surface area (Å²) in [6, 6.07) is 8.25. The molecule has 0 saturated carbocycles. The third-order valence-corrected chi connectivity index (χ3v) is 3.80. The molecule has 0 saturated heterocycles. The molecule has 1 unspecified atom stereocenters. The third-order valence-electron chi connectivity index (χ3n) is 3.37. The van der Waals surface area contributed by atoms with E-state index in [0.29, 0.717) is 13.2 Å². The molecule has 1 aliphatic heterocycles. The van der Waals surface area contributed by atoms with Gasteiger partial charge in [0.15, 0.2) is 11.5 Å². The SMILES string of the molecule is CCNC(c1cncc(Br)c1)c1ccc2c(c1)OCCO2. The molecule has 2 aromatic rings. The summed E-state index contributed by atoms with van der Waals surface area (Å²) in [5.74, 6) is 1.62. The average molecular weight is 349 g/mol. The number of benzene rings is 1. The fraction of sp³-hybridized carbons (Fsp3) is 0.312. The van der Waals surface area contributed by atoms with Crippen molar-refractivity contribution in [2.45, 2.75) is 13.0 Å². The standard InChI is InChI=1S/C16H17BrN2O2/c1-2-19-16(12-7-13(17)10-18-9-12)11-3-4-14-15(8-11)21-6-5-20-14/h3-4,7-10,16,19H,2,5-6H2,1H3. The summed E-state index contributed by atoms with van der Waals surface area (Å²) in [4.78, 5) is 4.26. The van der Waals surface area contributed by atoms with Gasteiger partial charge in [-0.3, -0.25) is 4.98 Å². The number of fused-ring (bicyclic) bond motifs is 1. The number of nitrogens with zero attached hydrogens (tertiary/aromatic N) is 1. The smallest absolute Gasteiger partial charge is 0.161 e. The van der Waals surface area contributed by atoms with Gasteiger partial charge in [0.1, 0.15) is 13.2 Å². The van der Waals surface area contributed by atoms with E-state index in [1.165, 1.54) is 0 Å². The summed E-state index contributed by atoms with van der Waals surface area (Å²) in [7, 11) is 0. The Hall–Kier alpha value is -1.59. The topological polar surface area (TPSA) is 43.4 Å². The van der Waals surface area contributed by atoms with Gasteiger partial charge in [-0.15, -0.1) is 0 Å². The lowest BCUT2D eigenvalue weighted by Gasteiger charge is -2.23. The molecule has 1 aromatic carbocycles. The maximum Gasteiger partial charge on any atom is 0.161 e. The van der Waals surface area contributed by atoms with Gasteiger partial charge in [0.25, 0.3) is 0 Å². The van der Waals surface area contributed by atoms with Crippen molar-refractivity contribution in [2.75, 3.05) is 19.8 Å². The number of halogens is 1. The number of rotatable bonds is 4. The maximum absolute atomic E-state index is 5.67. The molecule has 0 aliphatic carbocycles. The Morgan fingerprint density at radius 1 is 1.14 bits per heavy atom. The summed E-state index contributed by atoms with van der Waals surface area (Å²) < 4.78 is 12.2. The predicted molar refractivity (Wildman–Crippen MR) is 84.9 cm³/mol. The van der Waals surface area contributed by atoms with Gasteiger partial charge in [-0.1, -0.05) is 13.0 Å². The van der Waals surface area contributed by atoms with E-state index in [1.807, 2.05) is 18.3 Å². The number of aromatic nitrogens is 1. The zero-order valence-electron chi connectivity index (χ0n) is 11.8. The Labute approximate surface area is 132 Å². The molecule has 0 fully saturated rings. The quantitative estimate of drug-likeness (QED) is 0.920. The van der Waals surface area contributed by atoms with Crippen LogP contribution in [0.1, 0.15) is 24.1 Å². The van der Waals surface area contributed by atoms with Crippen LogP contribution in [0, 0.1) is 0 Å². The van der Waals surface area contributed by atoms with Gasteiger partial charge in [-0.2, -0.15) is 0 Å². The van der Waals surface area contributed by atoms with Crippen LogP contribution in [0.25, 0.3) is 0 Å². The third kappa shape index (κ3) is 3.19. The Bertz CT molecular complexity index is 633. The molecule has 110 valence electrons. The highest BCUT2D eigenvalue weighted by atomic mass is 79.9. The average Bonchev–Trinajstić information content (AvgIpc) is 2.52. The lowest BCUT2D eigenvalue weighted by molar-refractivity contribution is 0.171. The van der Waals surface area contributed by atoms with Crippen LogP contribution in [-0.2, 0) is 0 Å². The number of pyridine rings is 1. The second kappa shape index (κ2) is 6.45.